The number of esters is 1. The van der Waals surface area contributed by atoms with Gasteiger partial charge in [0.25, 0.3) is 0 Å². The SMILES string of the molecule is CCOC(=O)CN(CCOC)c1ncc(N)cc1Br. The Bertz CT molecular complexity index is 429. The molecule has 0 bridgehead atoms. The first-order valence-electron chi connectivity index (χ1n) is 5.89. The van der Waals surface area contributed by atoms with Gasteiger partial charge in [0.05, 0.1) is 29.6 Å². The highest BCUT2D eigenvalue weighted by Crippen LogP contribution is 2.25. The molecule has 0 amide bonds. The highest BCUT2D eigenvalue weighted by atomic mass is 79.9. The molecule has 1 rings (SSSR count). The lowest BCUT2D eigenvalue weighted by atomic mass is 10.3. The van der Waals surface area contributed by atoms with E-state index in [1.54, 1.807) is 31.2 Å². The van der Waals surface area contributed by atoms with Crippen LogP contribution in [0.4, 0.5) is 11.5 Å². The number of aromatic nitrogens is 1. The molecule has 0 aromatic carbocycles. The fourth-order valence-electron chi connectivity index (χ4n) is 1.50. The molecule has 0 atom stereocenters. The zero-order valence-electron chi connectivity index (χ0n) is 11.1. The van der Waals surface area contributed by atoms with Gasteiger partial charge in [-0.2, -0.15) is 0 Å². The summed E-state index contributed by atoms with van der Waals surface area (Å²) in [4.78, 5) is 17.6. The maximum atomic E-state index is 11.6. The number of carbonyl (C=O) groups is 1. The second-order valence-corrected chi connectivity index (χ2v) is 4.65. The lowest BCUT2D eigenvalue weighted by molar-refractivity contribution is -0.141. The maximum Gasteiger partial charge on any atom is 0.325 e. The monoisotopic (exact) mass is 331 g/mol. The van der Waals surface area contributed by atoms with Crippen LogP contribution in [0.3, 0.4) is 0 Å². The Morgan fingerprint density at radius 2 is 2.32 bits per heavy atom. The number of methoxy groups -OCH3 is 1. The predicted octanol–water partition coefficient (Wildman–Crippen LogP) is 1.44. The van der Waals surface area contributed by atoms with Crippen molar-refractivity contribution < 1.29 is 14.3 Å². The van der Waals surface area contributed by atoms with Crippen LogP contribution in [0.25, 0.3) is 0 Å². The Morgan fingerprint density at radius 3 is 2.89 bits per heavy atom. The highest BCUT2D eigenvalue weighted by molar-refractivity contribution is 9.10. The van der Waals surface area contributed by atoms with Crippen LogP contribution in [0.2, 0.25) is 0 Å². The Labute approximate surface area is 121 Å². The second-order valence-electron chi connectivity index (χ2n) is 3.79. The number of hydrogen-bond donors (Lipinski definition) is 1. The molecule has 0 saturated heterocycles. The first kappa shape index (κ1) is 15.7. The molecule has 0 radical (unpaired) electrons. The Balaban J connectivity index is 2.85. The van der Waals surface area contributed by atoms with Gasteiger partial charge in [-0.1, -0.05) is 0 Å². The van der Waals surface area contributed by atoms with Crippen molar-refractivity contribution >= 4 is 33.4 Å². The largest absolute Gasteiger partial charge is 0.465 e. The zero-order chi connectivity index (χ0) is 14.3. The molecule has 0 unspecified atom stereocenters. The normalized spacial score (nSPS) is 10.3. The van der Waals surface area contributed by atoms with E-state index in [1.807, 2.05) is 0 Å². The summed E-state index contributed by atoms with van der Waals surface area (Å²) in [6, 6.07) is 1.74. The summed E-state index contributed by atoms with van der Waals surface area (Å²) in [7, 11) is 1.61. The minimum absolute atomic E-state index is 0.118. The van der Waals surface area contributed by atoms with E-state index < -0.39 is 0 Å². The van der Waals surface area contributed by atoms with Crippen molar-refractivity contribution in [3.63, 3.8) is 0 Å². The maximum absolute atomic E-state index is 11.6. The highest BCUT2D eigenvalue weighted by Gasteiger charge is 2.16. The Morgan fingerprint density at radius 1 is 1.58 bits per heavy atom. The third kappa shape index (κ3) is 5.04. The number of nitrogens with two attached hydrogens (primary N) is 1. The number of anilines is 2. The standard InChI is InChI=1S/C12H18BrN3O3/c1-3-19-11(17)8-16(4-5-18-2)12-10(13)6-9(14)7-15-12/h6-7H,3-5,8,14H2,1-2H3. The van der Waals surface area contributed by atoms with Crippen LogP contribution in [0.15, 0.2) is 16.7 Å². The van der Waals surface area contributed by atoms with Gasteiger partial charge in [0.15, 0.2) is 0 Å². The summed E-state index contributed by atoms with van der Waals surface area (Å²) in [5.74, 6) is 0.337. The van der Waals surface area contributed by atoms with Crippen molar-refractivity contribution in [3.05, 3.63) is 16.7 Å². The van der Waals surface area contributed by atoms with Gasteiger partial charge in [0.1, 0.15) is 12.4 Å². The lowest BCUT2D eigenvalue weighted by Gasteiger charge is -2.23. The van der Waals surface area contributed by atoms with E-state index in [9.17, 15) is 4.79 Å². The number of halogens is 1. The predicted molar refractivity (Wildman–Crippen MR) is 77.1 cm³/mol. The number of pyridine rings is 1. The Hall–Kier alpha value is -1.34. The lowest BCUT2D eigenvalue weighted by Crippen LogP contribution is -2.34. The van der Waals surface area contributed by atoms with E-state index in [0.29, 0.717) is 31.3 Å². The van der Waals surface area contributed by atoms with Crippen LogP contribution in [-0.2, 0) is 14.3 Å². The van der Waals surface area contributed by atoms with Crippen molar-refractivity contribution in [2.75, 3.05) is 44.0 Å². The molecule has 1 aromatic rings. The summed E-state index contributed by atoms with van der Waals surface area (Å²) in [6.45, 7) is 3.26. The fourth-order valence-corrected chi connectivity index (χ4v) is 2.12. The van der Waals surface area contributed by atoms with Crippen LogP contribution < -0.4 is 10.6 Å². The number of carbonyl (C=O) groups excluding carboxylic acids is 1. The fraction of sp³-hybridized carbons (Fsp3) is 0.500. The topological polar surface area (TPSA) is 77.7 Å². The number of nitrogens with zero attached hydrogens (tertiary/aromatic N) is 2. The second kappa shape index (κ2) is 7.96. The van der Waals surface area contributed by atoms with Crippen LogP contribution in [0.5, 0.6) is 0 Å². The molecule has 0 spiro atoms. The molecule has 0 aliphatic carbocycles. The van der Waals surface area contributed by atoms with Gasteiger partial charge in [-0.05, 0) is 28.9 Å². The quantitative estimate of drug-likeness (QED) is 0.762. The smallest absolute Gasteiger partial charge is 0.325 e. The van der Waals surface area contributed by atoms with Gasteiger partial charge < -0.3 is 20.1 Å². The summed E-state index contributed by atoms with van der Waals surface area (Å²) >= 11 is 3.39. The third-order valence-electron chi connectivity index (χ3n) is 2.33. The van der Waals surface area contributed by atoms with Crippen LogP contribution in [-0.4, -0.2) is 44.4 Å². The minimum Gasteiger partial charge on any atom is -0.465 e. The van der Waals surface area contributed by atoms with E-state index in [2.05, 4.69) is 20.9 Å². The summed E-state index contributed by atoms with van der Waals surface area (Å²) < 4.78 is 10.7. The molecule has 0 saturated carbocycles. The van der Waals surface area contributed by atoms with Gasteiger partial charge in [0.2, 0.25) is 0 Å². The van der Waals surface area contributed by atoms with Gasteiger partial charge in [-0.3, -0.25) is 4.79 Å². The number of rotatable bonds is 7. The number of hydrogen-bond acceptors (Lipinski definition) is 6. The van der Waals surface area contributed by atoms with Crippen molar-refractivity contribution in [1.29, 1.82) is 0 Å². The average Bonchev–Trinajstić information content (AvgIpc) is 2.35. The molecule has 7 heteroatoms. The molecule has 19 heavy (non-hydrogen) atoms. The van der Waals surface area contributed by atoms with Crippen LogP contribution in [0, 0.1) is 0 Å². The van der Waals surface area contributed by atoms with Crippen molar-refractivity contribution in [2.45, 2.75) is 6.92 Å². The molecule has 2 N–H and O–H groups in total. The molecule has 106 valence electrons. The molecule has 6 nitrogen and oxygen atoms in total. The average molecular weight is 332 g/mol. The van der Waals surface area contributed by atoms with Gasteiger partial charge in [-0.25, -0.2) is 4.98 Å². The zero-order valence-corrected chi connectivity index (χ0v) is 12.6. The Kier molecular flexibility index (Phi) is 6.58. The van der Waals surface area contributed by atoms with Crippen LogP contribution >= 0.6 is 15.9 Å². The van der Waals surface area contributed by atoms with Gasteiger partial charge >= 0.3 is 5.97 Å². The van der Waals surface area contributed by atoms with E-state index in [-0.39, 0.29) is 12.5 Å². The summed E-state index contributed by atoms with van der Waals surface area (Å²) in [5.41, 5.74) is 6.20. The van der Waals surface area contributed by atoms with Crippen LogP contribution in [0.1, 0.15) is 6.92 Å². The molecule has 1 heterocycles. The van der Waals surface area contributed by atoms with E-state index in [4.69, 9.17) is 15.2 Å². The van der Waals surface area contributed by atoms with Gasteiger partial charge in [0, 0.05) is 13.7 Å². The molecule has 1 aromatic heterocycles. The number of nitrogen functional groups attached to an aromatic ring is 1. The third-order valence-corrected chi connectivity index (χ3v) is 2.92. The molecule has 0 aliphatic rings. The van der Waals surface area contributed by atoms with E-state index in [0.717, 1.165) is 4.47 Å². The van der Waals surface area contributed by atoms with Crippen molar-refractivity contribution in [2.24, 2.45) is 0 Å². The molecule has 0 aliphatic heterocycles. The molecular weight excluding hydrogens is 314 g/mol. The molecule has 0 fully saturated rings. The van der Waals surface area contributed by atoms with E-state index in [1.165, 1.54) is 0 Å². The van der Waals surface area contributed by atoms with Crippen molar-refractivity contribution in [1.82, 2.24) is 4.98 Å². The first-order chi connectivity index (χ1) is 9.08. The van der Waals surface area contributed by atoms with Gasteiger partial charge in [-0.15, -0.1) is 0 Å². The van der Waals surface area contributed by atoms with E-state index >= 15 is 0 Å². The minimum atomic E-state index is -0.302. The molecular formula is C12H18BrN3O3. The van der Waals surface area contributed by atoms with Crippen molar-refractivity contribution in [3.8, 4) is 0 Å². The number of ether oxygens (including phenoxy) is 2. The summed E-state index contributed by atoms with van der Waals surface area (Å²) in [6.07, 6.45) is 1.55. The summed E-state index contributed by atoms with van der Waals surface area (Å²) in [5, 5.41) is 0. The first-order valence-corrected chi connectivity index (χ1v) is 6.68.